The van der Waals surface area contributed by atoms with Crippen molar-refractivity contribution in [1.29, 1.82) is 0 Å². The van der Waals surface area contributed by atoms with Crippen LogP contribution in [0.4, 0.5) is 13.2 Å². The normalized spacial score (nSPS) is 20.8. The van der Waals surface area contributed by atoms with E-state index in [2.05, 4.69) is 0 Å². The van der Waals surface area contributed by atoms with Crippen LogP contribution in [-0.2, 0) is 11.0 Å². The average Bonchev–Trinajstić information content (AvgIpc) is 2.46. The van der Waals surface area contributed by atoms with Crippen molar-refractivity contribution >= 4 is 5.91 Å². The molecule has 1 heterocycles. The number of nitrogens with two attached hydrogens (primary N) is 1. The number of hydrogen-bond donors (Lipinski definition) is 1. The summed E-state index contributed by atoms with van der Waals surface area (Å²) in [6.45, 7) is 2.79. The first-order chi connectivity index (χ1) is 10.3. The molecule has 122 valence electrons. The second kappa shape index (κ2) is 6.69. The first-order valence-corrected chi connectivity index (χ1v) is 7.48. The van der Waals surface area contributed by atoms with E-state index in [0.717, 1.165) is 18.9 Å². The van der Waals surface area contributed by atoms with E-state index >= 15 is 0 Å². The molecule has 0 radical (unpaired) electrons. The molecule has 0 saturated carbocycles. The molecule has 1 aromatic rings. The molecule has 2 atom stereocenters. The second-order valence-corrected chi connectivity index (χ2v) is 5.93. The highest BCUT2D eigenvalue weighted by Gasteiger charge is 2.34. The number of carbonyl (C=O) groups excluding carboxylic acids is 1. The molecule has 0 bridgehead atoms. The number of piperidine rings is 1. The van der Waals surface area contributed by atoms with Crippen LogP contribution in [0.25, 0.3) is 0 Å². The molecule has 0 aliphatic carbocycles. The van der Waals surface area contributed by atoms with Crippen molar-refractivity contribution in [3.8, 4) is 0 Å². The molecule has 0 spiro atoms. The Hall–Kier alpha value is -1.56. The van der Waals surface area contributed by atoms with E-state index in [-0.39, 0.29) is 23.9 Å². The van der Waals surface area contributed by atoms with Crippen LogP contribution in [0.2, 0.25) is 0 Å². The van der Waals surface area contributed by atoms with Gasteiger partial charge in [-0.3, -0.25) is 4.79 Å². The van der Waals surface area contributed by atoms with Gasteiger partial charge in [-0.15, -0.1) is 0 Å². The zero-order valence-electron chi connectivity index (χ0n) is 12.6. The van der Waals surface area contributed by atoms with Crippen LogP contribution in [0.15, 0.2) is 24.3 Å². The van der Waals surface area contributed by atoms with E-state index in [1.165, 1.54) is 12.1 Å². The van der Waals surface area contributed by atoms with Crippen LogP contribution in [0.3, 0.4) is 0 Å². The number of benzene rings is 1. The fourth-order valence-electron chi connectivity index (χ4n) is 2.92. The molecule has 1 aliphatic rings. The van der Waals surface area contributed by atoms with Gasteiger partial charge in [0.2, 0.25) is 5.91 Å². The highest BCUT2D eigenvalue weighted by molar-refractivity contribution is 5.77. The molecular formula is C16H21F3N2O. The Morgan fingerprint density at radius 2 is 2.09 bits per heavy atom. The number of alkyl halides is 3. The predicted molar refractivity (Wildman–Crippen MR) is 78.3 cm³/mol. The van der Waals surface area contributed by atoms with Crippen molar-refractivity contribution in [2.45, 2.75) is 44.3 Å². The van der Waals surface area contributed by atoms with Crippen LogP contribution in [0, 0.1) is 0 Å². The second-order valence-electron chi connectivity index (χ2n) is 5.93. The largest absolute Gasteiger partial charge is 0.416 e. The van der Waals surface area contributed by atoms with Crippen molar-refractivity contribution in [3.63, 3.8) is 0 Å². The molecule has 22 heavy (non-hydrogen) atoms. The van der Waals surface area contributed by atoms with E-state index in [1.54, 1.807) is 17.9 Å². The molecule has 1 aliphatic heterocycles. The van der Waals surface area contributed by atoms with Gasteiger partial charge in [0, 0.05) is 25.6 Å². The van der Waals surface area contributed by atoms with Crippen molar-refractivity contribution in [3.05, 3.63) is 35.4 Å². The van der Waals surface area contributed by atoms with E-state index in [1.807, 2.05) is 0 Å². The summed E-state index contributed by atoms with van der Waals surface area (Å²) in [5.74, 6) is -0.608. The zero-order valence-corrected chi connectivity index (χ0v) is 12.6. The highest BCUT2D eigenvalue weighted by Crippen LogP contribution is 2.36. The summed E-state index contributed by atoms with van der Waals surface area (Å²) in [5, 5.41) is 0. The predicted octanol–water partition coefficient (Wildman–Crippen LogP) is 3.15. The molecule has 1 fully saturated rings. The third-order valence-corrected chi connectivity index (χ3v) is 4.09. The fraction of sp³-hybridized carbons (Fsp3) is 0.562. The lowest BCUT2D eigenvalue weighted by Gasteiger charge is -2.31. The average molecular weight is 314 g/mol. The lowest BCUT2D eigenvalue weighted by molar-refractivity contribution is -0.139. The first-order valence-electron chi connectivity index (χ1n) is 7.48. The third-order valence-electron chi connectivity index (χ3n) is 4.09. The fourth-order valence-corrected chi connectivity index (χ4v) is 2.92. The maximum Gasteiger partial charge on any atom is 0.416 e. The summed E-state index contributed by atoms with van der Waals surface area (Å²) in [4.78, 5) is 13.9. The Kier molecular flexibility index (Phi) is 5.11. The Bertz CT molecular complexity index is 530. The van der Waals surface area contributed by atoms with E-state index in [0.29, 0.717) is 13.1 Å². The van der Waals surface area contributed by atoms with Gasteiger partial charge >= 0.3 is 6.18 Å². The summed E-state index contributed by atoms with van der Waals surface area (Å²) in [6, 6.07) is 5.42. The number of likely N-dealkylation sites (tertiary alicyclic amines) is 1. The van der Waals surface area contributed by atoms with Gasteiger partial charge in [-0.2, -0.15) is 13.2 Å². The summed E-state index contributed by atoms with van der Waals surface area (Å²) >= 11 is 0. The van der Waals surface area contributed by atoms with Crippen molar-refractivity contribution in [1.82, 2.24) is 4.90 Å². The van der Waals surface area contributed by atoms with Crippen molar-refractivity contribution < 1.29 is 18.0 Å². The van der Waals surface area contributed by atoms with Crippen LogP contribution in [0.1, 0.15) is 43.2 Å². The monoisotopic (exact) mass is 314 g/mol. The minimum absolute atomic E-state index is 0.0320. The van der Waals surface area contributed by atoms with Crippen LogP contribution in [0.5, 0.6) is 0 Å². The Labute approximate surface area is 128 Å². The summed E-state index contributed by atoms with van der Waals surface area (Å²) in [6.07, 6.45) is -2.60. The van der Waals surface area contributed by atoms with Gasteiger partial charge in [-0.25, -0.2) is 0 Å². The minimum Gasteiger partial charge on any atom is -0.341 e. The molecule has 1 saturated heterocycles. The van der Waals surface area contributed by atoms with Gasteiger partial charge in [-0.05, 0) is 30.4 Å². The lowest BCUT2D eigenvalue weighted by atomic mass is 9.92. The number of hydrogen-bond acceptors (Lipinski definition) is 2. The Morgan fingerprint density at radius 3 is 2.73 bits per heavy atom. The molecule has 3 nitrogen and oxygen atoms in total. The maximum atomic E-state index is 13.0. The number of nitrogens with zero attached hydrogens (tertiary/aromatic N) is 1. The number of rotatable bonds is 3. The SMILES string of the molecule is C[C@@H](CC(=O)N1CCC[C@@H](N)C1)c1ccccc1C(F)(F)F. The van der Waals surface area contributed by atoms with E-state index < -0.39 is 17.7 Å². The van der Waals surface area contributed by atoms with Gasteiger partial charge in [0.05, 0.1) is 5.56 Å². The van der Waals surface area contributed by atoms with Gasteiger partial charge in [-0.1, -0.05) is 25.1 Å². The number of amides is 1. The van der Waals surface area contributed by atoms with E-state index in [9.17, 15) is 18.0 Å². The topological polar surface area (TPSA) is 46.3 Å². The van der Waals surface area contributed by atoms with Crippen LogP contribution in [-0.4, -0.2) is 29.9 Å². The number of halogens is 3. The summed E-state index contributed by atoms with van der Waals surface area (Å²) < 4.78 is 39.1. The van der Waals surface area contributed by atoms with Gasteiger partial charge < -0.3 is 10.6 Å². The molecule has 6 heteroatoms. The van der Waals surface area contributed by atoms with E-state index in [4.69, 9.17) is 5.73 Å². The van der Waals surface area contributed by atoms with Crippen LogP contribution >= 0.6 is 0 Å². The molecule has 1 aromatic carbocycles. The Balaban J connectivity index is 2.09. The van der Waals surface area contributed by atoms with Crippen LogP contribution < -0.4 is 5.73 Å². The van der Waals surface area contributed by atoms with Gasteiger partial charge in [0.25, 0.3) is 0 Å². The molecule has 1 amide bonds. The lowest BCUT2D eigenvalue weighted by Crippen LogP contribution is -2.45. The molecule has 0 aromatic heterocycles. The molecule has 0 unspecified atom stereocenters. The summed E-state index contributed by atoms with van der Waals surface area (Å²) in [5.41, 5.74) is 5.35. The molecular weight excluding hydrogens is 293 g/mol. The first kappa shape index (κ1) is 16.8. The number of carbonyl (C=O) groups is 1. The highest BCUT2D eigenvalue weighted by atomic mass is 19.4. The smallest absolute Gasteiger partial charge is 0.341 e. The summed E-state index contributed by atoms with van der Waals surface area (Å²) in [7, 11) is 0. The molecule has 2 rings (SSSR count). The van der Waals surface area contributed by atoms with Crippen molar-refractivity contribution in [2.24, 2.45) is 5.73 Å². The third kappa shape index (κ3) is 4.00. The van der Waals surface area contributed by atoms with Gasteiger partial charge in [0.1, 0.15) is 0 Å². The standard InChI is InChI=1S/C16H21F3N2O/c1-11(9-15(22)21-8-4-5-12(20)10-21)13-6-2-3-7-14(13)16(17,18)19/h2-3,6-7,11-12H,4-5,8-10,20H2,1H3/t11-,12+/m0/s1. The minimum atomic E-state index is -4.40. The molecule has 2 N–H and O–H groups in total. The van der Waals surface area contributed by atoms with Gasteiger partial charge in [0.15, 0.2) is 0 Å². The Morgan fingerprint density at radius 1 is 1.41 bits per heavy atom. The quantitative estimate of drug-likeness (QED) is 0.931. The zero-order chi connectivity index (χ0) is 16.3. The van der Waals surface area contributed by atoms with Crippen molar-refractivity contribution in [2.75, 3.05) is 13.1 Å². The maximum absolute atomic E-state index is 13.0.